The Bertz CT molecular complexity index is 281. The van der Waals surface area contributed by atoms with E-state index in [-0.39, 0.29) is 12.0 Å². The van der Waals surface area contributed by atoms with Crippen LogP contribution < -0.4 is 5.73 Å². The highest BCUT2D eigenvalue weighted by Crippen LogP contribution is 2.30. The molecule has 1 amide bonds. The molecule has 19 heavy (non-hydrogen) atoms. The van der Waals surface area contributed by atoms with Crippen molar-refractivity contribution in [2.45, 2.75) is 45.6 Å². The molecule has 0 aromatic rings. The van der Waals surface area contributed by atoms with Crippen LogP contribution in [0.2, 0.25) is 0 Å². The van der Waals surface area contributed by atoms with Crippen LogP contribution in [0.15, 0.2) is 0 Å². The normalized spacial score (nSPS) is 27.6. The third kappa shape index (κ3) is 5.11. The second-order valence-electron chi connectivity index (χ2n) is 6.29. The van der Waals surface area contributed by atoms with Crippen LogP contribution in [-0.2, 0) is 4.79 Å². The number of hydrogen-bond acceptors (Lipinski definition) is 3. The second kappa shape index (κ2) is 7.85. The summed E-state index contributed by atoms with van der Waals surface area (Å²) < 4.78 is 0. The largest absolute Gasteiger partial charge is 0.341 e. The van der Waals surface area contributed by atoms with Gasteiger partial charge in [0.25, 0.3) is 0 Å². The summed E-state index contributed by atoms with van der Waals surface area (Å²) in [5.74, 6) is 0.940. The fraction of sp³-hybridized carbons (Fsp3) is 0.933. The highest BCUT2D eigenvalue weighted by Gasteiger charge is 2.33. The van der Waals surface area contributed by atoms with Crippen molar-refractivity contribution in [2.24, 2.45) is 17.6 Å². The lowest BCUT2D eigenvalue weighted by molar-refractivity contribution is -0.138. The molecule has 3 atom stereocenters. The highest BCUT2D eigenvalue weighted by molar-refractivity contribution is 5.79. The van der Waals surface area contributed by atoms with E-state index in [0.717, 1.165) is 45.3 Å². The van der Waals surface area contributed by atoms with Gasteiger partial charge in [0.15, 0.2) is 0 Å². The molecule has 0 saturated heterocycles. The molecule has 0 spiro atoms. The van der Waals surface area contributed by atoms with Crippen LogP contribution in [0.3, 0.4) is 0 Å². The Morgan fingerprint density at radius 2 is 1.89 bits per heavy atom. The lowest BCUT2D eigenvalue weighted by atomic mass is 9.77. The summed E-state index contributed by atoms with van der Waals surface area (Å²) in [4.78, 5) is 16.9. The van der Waals surface area contributed by atoms with Gasteiger partial charge in [-0.1, -0.05) is 13.8 Å². The average molecular weight is 269 g/mol. The molecule has 1 aliphatic rings. The van der Waals surface area contributed by atoms with Gasteiger partial charge in [-0.3, -0.25) is 4.79 Å². The maximum Gasteiger partial charge on any atom is 0.226 e. The van der Waals surface area contributed by atoms with Crippen molar-refractivity contribution in [3.63, 3.8) is 0 Å². The van der Waals surface area contributed by atoms with Crippen LogP contribution in [0.1, 0.15) is 39.5 Å². The number of carbonyl (C=O) groups is 1. The van der Waals surface area contributed by atoms with Crippen LogP contribution in [-0.4, -0.2) is 55.5 Å². The Morgan fingerprint density at radius 1 is 1.21 bits per heavy atom. The predicted molar refractivity (Wildman–Crippen MR) is 79.9 cm³/mol. The molecule has 4 nitrogen and oxygen atoms in total. The zero-order chi connectivity index (χ0) is 14.4. The van der Waals surface area contributed by atoms with Crippen molar-refractivity contribution >= 4 is 5.91 Å². The van der Waals surface area contributed by atoms with Crippen molar-refractivity contribution in [2.75, 3.05) is 33.7 Å². The fourth-order valence-electron chi connectivity index (χ4n) is 2.86. The van der Waals surface area contributed by atoms with Crippen LogP contribution >= 0.6 is 0 Å². The van der Waals surface area contributed by atoms with E-state index in [1.807, 2.05) is 19.0 Å². The first-order valence-electron chi connectivity index (χ1n) is 7.64. The molecule has 3 unspecified atom stereocenters. The smallest absolute Gasteiger partial charge is 0.226 e. The Balaban J connectivity index is 2.63. The van der Waals surface area contributed by atoms with E-state index in [1.54, 1.807) is 0 Å². The maximum absolute atomic E-state index is 12.7. The van der Waals surface area contributed by atoms with E-state index >= 15 is 0 Å². The predicted octanol–water partition coefficient (Wildman–Crippen LogP) is 1.55. The van der Waals surface area contributed by atoms with E-state index in [4.69, 9.17) is 5.73 Å². The third-order valence-corrected chi connectivity index (χ3v) is 4.18. The van der Waals surface area contributed by atoms with Gasteiger partial charge in [-0.2, -0.15) is 0 Å². The van der Waals surface area contributed by atoms with Crippen LogP contribution in [0, 0.1) is 11.8 Å². The van der Waals surface area contributed by atoms with Gasteiger partial charge in [-0.15, -0.1) is 0 Å². The SMILES string of the molecule is CCCN(CCN(C)C)C(=O)C1CC(N)CCC1C. The summed E-state index contributed by atoms with van der Waals surface area (Å²) in [5, 5.41) is 0. The number of rotatable bonds is 6. The monoisotopic (exact) mass is 269 g/mol. The van der Waals surface area contributed by atoms with E-state index in [9.17, 15) is 4.79 Å². The number of amides is 1. The zero-order valence-electron chi connectivity index (χ0n) is 13.1. The molecule has 4 heteroatoms. The molecule has 0 aliphatic heterocycles. The van der Waals surface area contributed by atoms with Gasteiger partial charge in [0, 0.05) is 31.6 Å². The van der Waals surface area contributed by atoms with Gasteiger partial charge in [-0.25, -0.2) is 0 Å². The highest BCUT2D eigenvalue weighted by atomic mass is 16.2. The van der Waals surface area contributed by atoms with Gasteiger partial charge in [0.05, 0.1) is 0 Å². The summed E-state index contributed by atoms with van der Waals surface area (Å²) in [5.41, 5.74) is 6.04. The van der Waals surface area contributed by atoms with Gasteiger partial charge in [0.2, 0.25) is 5.91 Å². The number of carbonyl (C=O) groups excluding carboxylic acids is 1. The van der Waals surface area contributed by atoms with Crippen molar-refractivity contribution < 1.29 is 4.79 Å². The van der Waals surface area contributed by atoms with Crippen LogP contribution in [0.5, 0.6) is 0 Å². The number of likely N-dealkylation sites (N-methyl/N-ethyl adjacent to an activating group) is 1. The molecule has 0 heterocycles. The Kier molecular flexibility index (Phi) is 6.80. The first kappa shape index (κ1) is 16.4. The molecule has 1 rings (SSSR count). The Morgan fingerprint density at radius 3 is 2.47 bits per heavy atom. The van der Waals surface area contributed by atoms with E-state index in [2.05, 4.69) is 18.7 Å². The Hall–Kier alpha value is -0.610. The molecular weight excluding hydrogens is 238 g/mol. The topological polar surface area (TPSA) is 49.6 Å². The van der Waals surface area contributed by atoms with E-state index in [0.29, 0.717) is 11.8 Å². The molecule has 2 N–H and O–H groups in total. The molecule has 1 fully saturated rings. The summed E-state index contributed by atoms with van der Waals surface area (Å²) in [7, 11) is 4.10. The van der Waals surface area contributed by atoms with Crippen molar-refractivity contribution in [1.82, 2.24) is 9.80 Å². The average Bonchev–Trinajstić information content (AvgIpc) is 2.36. The van der Waals surface area contributed by atoms with Crippen molar-refractivity contribution in [3.05, 3.63) is 0 Å². The quantitative estimate of drug-likeness (QED) is 0.796. The van der Waals surface area contributed by atoms with Gasteiger partial charge < -0.3 is 15.5 Å². The molecule has 0 radical (unpaired) electrons. The second-order valence-corrected chi connectivity index (χ2v) is 6.29. The molecule has 112 valence electrons. The standard InChI is InChI=1S/C15H31N3O/c1-5-8-18(10-9-17(3)4)15(19)14-11-13(16)7-6-12(14)2/h12-14H,5-11,16H2,1-4H3. The number of hydrogen-bond donors (Lipinski definition) is 1. The van der Waals surface area contributed by atoms with E-state index in [1.165, 1.54) is 0 Å². The number of nitrogens with two attached hydrogens (primary N) is 1. The molecule has 0 aromatic heterocycles. The van der Waals surface area contributed by atoms with Crippen LogP contribution in [0.4, 0.5) is 0 Å². The van der Waals surface area contributed by atoms with Gasteiger partial charge in [-0.05, 0) is 45.7 Å². The lowest BCUT2D eigenvalue weighted by Crippen LogP contribution is -2.46. The van der Waals surface area contributed by atoms with Gasteiger partial charge >= 0.3 is 0 Å². The molecule has 1 saturated carbocycles. The Labute approximate surface area is 118 Å². The zero-order valence-corrected chi connectivity index (χ0v) is 13.1. The minimum absolute atomic E-state index is 0.137. The van der Waals surface area contributed by atoms with Gasteiger partial charge in [0.1, 0.15) is 0 Å². The van der Waals surface area contributed by atoms with E-state index < -0.39 is 0 Å². The van der Waals surface area contributed by atoms with Crippen molar-refractivity contribution in [1.29, 1.82) is 0 Å². The first-order valence-corrected chi connectivity index (χ1v) is 7.64. The molecule has 0 aromatic carbocycles. The molecule has 0 bridgehead atoms. The minimum Gasteiger partial charge on any atom is -0.341 e. The summed E-state index contributed by atoms with van der Waals surface area (Å²) >= 11 is 0. The third-order valence-electron chi connectivity index (χ3n) is 4.18. The maximum atomic E-state index is 12.7. The summed E-state index contributed by atoms with van der Waals surface area (Å²) in [6.07, 6.45) is 4.04. The minimum atomic E-state index is 0.137. The lowest BCUT2D eigenvalue weighted by Gasteiger charge is -2.35. The summed E-state index contributed by atoms with van der Waals surface area (Å²) in [6, 6.07) is 0.211. The number of nitrogens with zero attached hydrogens (tertiary/aromatic N) is 2. The summed E-state index contributed by atoms with van der Waals surface area (Å²) in [6.45, 7) is 6.96. The molecular formula is C15H31N3O. The molecule has 1 aliphatic carbocycles. The fourth-order valence-corrected chi connectivity index (χ4v) is 2.86. The van der Waals surface area contributed by atoms with Crippen LogP contribution in [0.25, 0.3) is 0 Å². The first-order chi connectivity index (χ1) is 8.95. The van der Waals surface area contributed by atoms with Crippen molar-refractivity contribution in [3.8, 4) is 0 Å².